The number of aromatic nitrogens is 2. The minimum Gasteiger partial charge on any atom is -0.302 e. The quantitative estimate of drug-likeness (QED) is 0.485. The fraction of sp³-hybridized carbons (Fsp3) is 0.200. The van der Waals surface area contributed by atoms with Gasteiger partial charge in [-0.25, -0.2) is 0 Å². The number of fused-ring (bicyclic) bond motifs is 2. The molecule has 0 saturated carbocycles. The van der Waals surface area contributed by atoms with Gasteiger partial charge in [0.15, 0.2) is 0 Å². The van der Waals surface area contributed by atoms with E-state index in [4.69, 9.17) is 0 Å². The molecule has 1 aromatic heterocycles. The van der Waals surface area contributed by atoms with Crippen LogP contribution < -0.4 is 0 Å². The van der Waals surface area contributed by atoms with Crippen LogP contribution in [-0.2, 0) is 6.54 Å². The van der Waals surface area contributed by atoms with Gasteiger partial charge in [0.1, 0.15) is 0 Å². The van der Waals surface area contributed by atoms with E-state index < -0.39 is 0 Å². The van der Waals surface area contributed by atoms with Crippen molar-refractivity contribution in [2.75, 3.05) is 13.6 Å². The van der Waals surface area contributed by atoms with Gasteiger partial charge in [0.25, 0.3) is 0 Å². The molecule has 2 heterocycles. The number of benzene rings is 3. The minimum absolute atomic E-state index is 0.417. The van der Waals surface area contributed by atoms with Gasteiger partial charge in [-0.1, -0.05) is 54.6 Å². The summed E-state index contributed by atoms with van der Waals surface area (Å²) >= 11 is 0. The normalized spacial score (nSPS) is 17.2. The number of hydrogen-bond donors (Lipinski definition) is 0. The molecule has 0 amide bonds. The predicted molar refractivity (Wildman–Crippen MR) is 114 cm³/mol. The minimum atomic E-state index is 0.417. The van der Waals surface area contributed by atoms with Crippen molar-refractivity contribution >= 4 is 10.8 Å². The van der Waals surface area contributed by atoms with Crippen molar-refractivity contribution in [3.8, 4) is 11.3 Å². The van der Waals surface area contributed by atoms with E-state index in [9.17, 15) is 0 Å². The second-order valence-electron chi connectivity index (χ2n) is 7.71. The molecule has 1 aliphatic heterocycles. The van der Waals surface area contributed by atoms with Crippen molar-refractivity contribution in [2.45, 2.75) is 18.9 Å². The summed E-state index contributed by atoms with van der Waals surface area (Å²) in [6, 6.07) is 26.3. The lowest BCUT2D eigenvalue weighted by Gasteiger charge is -2.19. The molecule has 5 rings (SSSR count). The topological polar surface area (TPSA) is 29.0 Å². The second-order valence-corrected chi connectivity index (χ2v) is 7.71. The average molecular weight is 365 g/mol. The summed E-state index contributed by atoms with van der Waals surface area (Å²) in [4.78, 5) is 2.42. The van der Waals surface area contributed by atoms with Crippen LogP contribution in [0.4, 0.5) is 0 Å². The molecular formula is C25H23N3. The zero-order chi connectivity index (χ0) is 18.9. The van der Waals surface area contributed by atoms with Crippen LogP contribution in [0.3, 0.4) is 0 Å². The third-order valence-electron chi connectivity index (χ3n) is 5.80. The smallest absolute Gasteiger partial charge is 0.0929 e. The Morgan fingerprint density at radius 2 is 1.79 bits per heavy atom. The molecule has 138 valence electrons. The summed E-state index contributed by atoms with van der Waals surface area (Å²) in [5.74, 6) is 0.417. The van der Waals surface area contributed by atoms with Crippen LogP contribution in [0.25, 0.3) is 22.0 Å². The first-order valence-electron chi connectivity index (χ1n) is 9.86. The Bertz CT molecular complexity index is 1120. The van der Waals surface area contributed by atoms with Gasteiger partial charge >= 0.3 is 0 Å². The van der Waals surface area contributed by atoms with E-state index in [2.05, 4.69) is 82.8 Å². The van der Waals surface area contributed by atoms with Gasteiger partial charge in [-0.3, -0.25) is 0 Å². The Balaban J connectivity index is 1.60. The van der Waals surface area contributed by atoms with E-state index in [1.54, 1.807) is 6.20 Å². The maximum absolute atomic E-state index is 4.29. The Morgan fingerprint density at radius 3 is 2.64 bits per heavy atom. The molecule has 1 unspecified atom stereocenters. The van der Waals surface area contributed by atoms with Crippen molar-refractivity contribution in [2.24, 2.45) is 0 Å². The summed E-state index contributed by atoms with van der Waals surface area (Å²) in [5.41, 5.74) is 6.30. The monoisotopic (exact) mass is 365 g/mol. The fourth-order valence-corrected chi connectivity index (χ4v) is 4.34. The van der Waals surface area contributed by atoms with Gasteiger partial charge in [0.05, 0.1) is 5.69 Å². The molecule has 1 atom stereocenters. The highest BCUT2D eigenvalue weighted by atomic mass is 15.1. The van der Waals surface area contributed by atoms with E-state index in [0.717, 1.165) is 30.8 Å². The van der Waals surface area contributed by atoms with E-state index in [1.165, 1.54) is 27.5 Å². The Kier molecular flexibility index (Phi) is 4.38. The highest BCUT2D eigenvalue weighted by Gasteiger charge is 2.23. The zero-order valence-corrected chi connectivity index (χ0v) is 16.0. The van der Waals surface area contributed by atoms with E-state index >= 15 is 0 Å². The van der Waals surface area contributed by atoms with Gasteiger partial charge in [-0.05, 0) is 65.7 Å². The molecule has 3 nitrogen and oxygen atoms in total. The van der Waals surface area contributed by atoms with Gasteiger partial charge in [0.2, 0.25) is 0 Å². The summed E-state index contributed by atoms with van der Waals surface area (Å²) in [5, 5.41) is 10.9. The van der Waals surface area contributed by atoms with Gasteiger partial charge in [-0.2, -0.15) is 10.2 Å². The summed E-state index contributed by atoms with van der Waals surface area (Å²) in [7, 11) is 2.21. The molecule has 0 N–H and O–H groups in total. The van der Waals surface area contributed by atoms with Crippen LogP contribution >= 0.6 is 0 Å². The molecule has 0 bridgehead atoms. The Hall–Kier alpha value is -3.04. The van der Waals surface area contributed by atoms with Crippen molar-refractivity contribution in [3.05, 3.63) is 95.7 Å². The SMILES string of the molecule is CN1CCC(c2ccc3ccccc3c2)c2ccc(-c3cccnn3)cc2C1. The first kappa shape index (κ1) is 17.1. The molecule has 4 aromatic rings. The molecule has 0 fully saturated rings. The van der Waals surface area contributed by atoms with Crippen molar-refractivity contribution in [1.82, 2.24) is 15.1 Å². The second kappa shape index (κ2) is 7.17. The van der Waals surface area contributed by atoms with Gasteiger partial charge < -0.3 is 4.90 Å². The van der Waals surface area contributed by atoms with Crippen LogP contribution in [0.1, 0.15) is 29.0 Å². The van der Waals surface area contributed by atoms with Crippen molar-refractivity contribution in [3.63, 3.8) is 0 Å². The molecule has 28 heavy (non-hydrogen) atoms. The summed E-state index contributed by atoms with van der Waals surface area (Å²) in [6.45, 7) is 2.06. The number of rotatable bonds is 2. The van der Waals surface area contributed by atoms with Crippen molar-refractivity contribution in [1.29, 1.82) is 0 Å². The molecule has 0 radical (unpaired) electrons. The zero-order valence-electron chi connectivity index (χ0n) is 16.0. The molecule has 0 aliphatic carbocycles. The number of nitrogens with zero attached hydrogens (tertiary/aromatic N) is 3. The highest BCUT2D eigenvalue weighted by molar-refractivity contribution is 5.83. The first-order valence-corrected chi connectivity index (χ1v) is 9.86. The molecule has 3 heteroatoms. The van der Waals surface area contributed by atoms with Crippen LogP contribution in [0.15, 0.2) is 79.0 Å². The fourth-order valence-electron chi connectivity index (χ4n) is 4.34. The lowest BCUT2D eigenvalue weighted by molar-refractivity contribution is 0.328. The Labute approximate surface area is 165 Å². The predicted octanol–water partition coefficient (Wildman–Crippen LogP) is 5.26. The third kappa shape index (κ3) is 3.19. The van der Waals surface area contributed by atoms with E-state index in [-0.39, 0.29) is 0 Å². The maximum atomic E-state index is 4.29. The summed E-state index contributed by atoms with van der Waals surface area (Å²) in [6.07, 6.45) is 2.85. The summed E-state index contributed by atoms with van der Waals surface area (Å²) < 4.78 is 0. The van der Waals surface area contributed by atoms with E-state index in [0.29, 0.717) is 5.92 Å². The molecule has 0 saturated heterocycles. The first-order chi connectivity index (χ1) is 13.8. The van der Waals surface area contributed by atoms with E-state index in [1.807, 2.05) is 12.1 Å². The molecule has 1 aliphatic rings. The average Bonchev–Trinajstić information content (AvgIpc) is 2.91. The largest absolute Gasteiger partial charge is 0.302 e. The third-order valence-corrected chi connectivity index (χ3v) is 5.80. The van der Waals surface area contributed by atoms with Gasteiger partial charge in [-0.15, -0.1) is 0 Å². The Morgan fingerprint density at radius 1 is 0.893 bits per heavy atom. The molecule has 3 aromatic carbocycles. The molecule has 0 spiro atoms. The maximum Gasteiger partial charge on any atom is 0.0929 e. The van der Waals surface area contributed by atoms with Gasteiger partial charge in [0, 0.05) is 24.2 Å². The van der Waals surface area contributed by atoms with Crippen molar-refractivity contribution < 1.29 is 0 Å². The van der Waals surface area contributed by atoms with Crippen LogP contribution in [0.2, 0.25) is 0 Å². The highest BCUT2D eigenvalue weighted by Crippen LogP contribution is 2.36. The van der Waals surface area contributed by atoms with Crippen LogP contribution in [-0.4, -0.2) is 28.7 Å². The number of hydrogen-bond acceptors (Lipinski definition) is 3. The van der Waals surface area contributed by atoms with Crippen LogP contribution in [0.5, 0.6) is 0 Å². The van der Waals surface area contributed by atoms with Crippen LogP contribution in [0, 0.1) is 0 Å². The lowest BCUT2D eigenvalue weighted by Crippen LogP contribution is -2.17. The standard InChI is InChI=1S/C25H23N3/c1-28-14-12-24(20-9-8-18-5-2-3-6-19(18)15-20)23-11-10-21(16-22(23)17-28)25-7-4-13-26-27-25/h2-11,13,15-16,24H,12,14,17H2,1H3. The molecular weight excluding hydrogens is 342 g/mol. The lowest BCUT2D eigenvalue weighted by atomic mass is 9.85.